The van der Waals surface area contributed by atoms with Crippen molar-refractivity contribution in [2.75, 3.05) is 13.7 Å². The van der Waals surface area contributed by atoms with Gasteiger partial charge in [-0.2, -0.15) is 0 Å². The predicted octanol–water partition coefficient (Wildman–Crippen LogP) is 3.37. The number of benzene rings is 1. The Morgan fingerprint density at radius 2 is 2.00 bits per heavy atom. The summed E-state index contributed by atoms with van der Waals surface area (Å²) < 4.78 is 5.72. The number of aromatic nitrogens is 1. The molecule has 20 heavy (non-hydrogen) atoms. The molecule has 0 radical (unpaired) electrons. The van der Waals surface area contributed by atoms with E-state index in [0.717, 1.165) is 12.8 Å². The molecule has 0 aliphatic rings. The van der Waals surface area contributed by atoms with Gasteiger partial charge in [0.15, 0.2) is 0 Å². The van der Waals surface area contributed by atoms with E-state index in [0.29, 0.717) is 18.5 Å². The predicted molar refractivity (Wildman–Crippen MR) is 82.0 cm³/mol. The second-order valence-electron chi connectivity index (χ2n) is 4.88. The van der Waals surface area contributed by atoms with Gasteiger partial charge in [-0.25, -0.2) is 4.98 Å². The molecule has 1 aromatic carbocycles. The maximum atomic E-state index is 5.72. The zero-order valence-corrected chi connectivity index (χ0v) is 12.2. The average Bonchev–Trinajstić information content (AvgIpc) is 2.52. The Balaban J connectivity index is 1.79. The quantitative estimate of drug-likeness (QED) is 0.783. The van der Waals surface area contributed by atoms with Crippen LogP contribution in [0.4, 0.5) is 0 Å². The van der Waals surface area contributed by atoms with Crippen molar-refractivity contribution < 1.29 is 4.74 Å². The van der Waals surface area contributed by atoms with Gasteiger partial charge in [-0.15, -0.1) is 0 Å². The zero-order valence-electron chi connectivity index (χ0n) is 12.2. The number of nitrogens with zero attached hydrogens (tertiary/aromatic N) is 1. The number of rotatable bonds is 7. The third-order valence-electron chi connectivity index (χ3n) is 3.39. The Hall–Kier alpha value is -1.87. The smallest absolute Gasteiger partial charge is 0.213 e. The van der Waals surface area contributed by atoms with Crippen LogP contribution < -0.4 is 10.1 Å². The molecule has 0 bridgehead atoms. The van der Waals surface area contributed by atoms with E-state index in [2.05, 4.69) is 41.5 Å². The highest BCUT2D eigenvalue weighted by Crippen LogP contribution is 2.16. The maximum Gasteiger partial charge on any atom is 0.213 e. The highest BCUT2D eigenvalue weighted by molar-refractivity contribution is 5.23. The van der Waals surface area contributed by atoms with Crippen LogP contribution in [-0.2, 0) is 6.42 Å². The molecule has 0 saturated carbocycles. The van der Waals surface area contributed by atoms with Crippen molar-refractivity contribution >= 4 is 0 Å². The van der Waals surface area contributed by atoms with Crippen LogP contribution in [0.5, 0.6) is 5.88 Å². The SMILES string of the molecule is CNC(C)c1ccnc(OCCCc2ccccc2)c1. The summed E-state index contributed by atoms with van der Waals surface area (Å²) in [6, 6.07) is 14.8. The fourth-order valence-corrected chi connectivity index (χ4v) is 2.04. The molecule has 1 aromatic heterocycles. The molecule has 1 atom stereocenters. The van der Waals surface area contributed by atoms with Crippen LogP contribution in [0, 0.1) is 0 Å². The molecule has 2 aromatic rings. The Bertz CT molecular complexity index is 513. The van der Waals surface area contributed by atoms with Crippen molar-refractivity contribution in [3.05, 3.63) is 59.8 Å². The van der Waals surface area contributed by atoms with E-state index in [1.54, 1.807) is 6.20 Å². The molecular weight excluding hydrogens is 248 g/mol. The molecule has 0 amide bonds. The number of aryl methyl sites for hydroxylation is 1. The molecule has 3 nitrogen and oxygen atoms in total. The summed E-state index contributed by atoms with van der Waals surface area (Å²) in [5, 5.41) is 3.21. The van der Waals surface area contributed by atoms with Crippen LogP contribution in [0.15, 0.2) is 48.7 Å². The number of hydrogen-bond acceptors (Lipinski definition) is 3. The molecule has 3 heteroatoms. The van der Waals surface area contributed by atoms with Crippen LogP contribution in [-0.4, -0.2) is 18.6 Å². The lowest BCUT2D eigenvalue weighted by Gasteiger charge is -2.12. The van der Waals surface area contributed by atoms with Crippen molar-refractivity contribution in [1.82, 2.24) is 10.3 Å². The summed E-state index contributed by atoms with van der Waals surface area (Å²) in [7, 11) is 1.95. The number of pyridine rings is 1. The molecule has 0 saturated heterocycles. The first-order chi connectivity index (χ1) is 9.79. The largest absolute Gasteiger partial charge is 0.478 e. The van der Waals surface area contributed by atoms with Crippen LogP contribution in [0.2, 0.25) is 0 Å². The Morgan fingerprint density at radius 3 is 2.75 bits per heavy atom. The van der Waals surface area contributed by atoms with E-state index < -0.39 is 0 Å². The van der Waals surface area contributed by atoms with Gasteiger partial charge in [-0.1, -0.05) is 30.3 Å². The molecule has 0 fully saturated rings. The molecular formula is C17H22N2O. The monoisotopic (exact) mass is 270 g/mol. The maximum absolute atomic E-state index is 5.72. The van der Waals surface area contributed by atoms with Crippen molar-refractivity contribution in [1.29, 1.82) is 0 Å². The Morgan fingerprint density at radius 1 is 1.20 bits per heavy atom. The number of nitrogens with one attached hydrogen (secondary N) is 1. The summed E-state index contributed by atoms with van der Waals surface area (Å²) >= 11 is 0. The molecule has 0 aliphatic heterocycles. The molecule has 106 valence electrons. The first kappa shape index (κ1) is 14.5. The van der Waals surface area contributed by atoms with Crippen molar-refractivity contribution in [2.24, 2.45) is 0 Å². The van der Waals surface area contributed by atoms with E-state index in [4.69, 9.17) is 4.74 Å². The van der Waals surface area contributed by atoms with Crippen LogP contribution in [0.1, 0.15) is 30.5 Å². The van der Waals surface area contributed by atoms with Gasteiger partial charge in [-0.05, 0) is 44.0 Å². The average molecular weight is 270 g/mol. The van der Waals surface area contributed by atoms with Crippen LogP contribution in [0.25, 0.3) is 0 Å². The minimum absolute atomic E-state index is 0.310. The first-order valence-corrected chi connectivity index (χ1v) is 7.09. The lowest BCUT2D eigenvalue weighted by Crippen LogP contribution is -2.12. The van der Waals surface area contributed by atoms with Gasteiger partial charge in [0, 0.05) is 18.3 Å². The normalized spacial score (nSPS) is 12.1. The summed E-state index contributed by atoms with van der Waals surface area (Å²) in [6.45, 7) is 2.81. The Labute approximate surface area is 121 Å². The van der Waals surface area contributed by atoms with Crippen LogP contribution in [0.3, 0.4) is 0 Å². The summed E-state index contributed by atoms with van der Waals surface area (Å²) in [4.78, 5) is 4.25. The molecule has 0 aliphatic carbocycles. The Kier molecular flexibility index (Phi) is 5.56. The number of ether oxygens (including phenoxy) is 1. The molecule has 2 rings (SSSR count). The summed E-state index contributed by atoms with van der Waals surface area (Å²) in [6.07, 6.45) is 3.83. The van der Waals surface area contributed by atoms with Gasteiger partial charge in [0.2, 0.25) is 5.88 Å². The fourth-order valence-electron chi connectivity index (χ4n) is 2.04. The number of hydrogen-bond donors (Lipinski definition) is 1. The highest BCUT2D eigenvalue weighted by atomic mass is 16.5. The van der Waals surface area contributed by atoms with Gasteiger partial charge in [0.05, 0.1) is 6.61 Å². The minimum Gasteiger partial charge on any atom is -0.478 e. The third kappa shape index (κ3) is 4.35. The van der Waals surface area contributed by atoms with Gasteiger partial charge in [0.1, 0.15) is 0 Å². The highest BCUT2D eigenvalue weighted by Gasteiger charge is 2.04. The molecule has 0 spiro atoms. The van der Waals surface area contributed by atoms with Crippen molar-refractivity contribution in [3.63, 3.8) is 0 Å². The van der Waals surface area contributed by atoms with Crippen molar-refractivity contribution in [2.45, 2.75) is 25.8 Å². The molecule has 1 heterocycles. The van der Waals surface area contributed by atoms with Crippen LogP contribution >= 0.6 is 0 Å². The first-order valence-electron chi connectivity index (χ1n) is 7.09. The standard InChI is InChI=1S/C17H22N2O/c1-14(18-2)16-10-11-19-17(13-16)20-12-6-9-15-7-4-3-5-8-15/h3-5,7-8,10-11,13-14,18H,6,9,12H2,1-2H3. The summed E-state index contributed by atoms with van der Waals surface area (Å²) in [5.41, 5.74) is 2.54. The second kappa shape index (κ2) is 7.65. The fraction of sp³-hybridized carbons (Fsp3) is 0.353. The van der Waals surface area contributed by atoms with E-state index >= 15 is 0 Å². The van der Waals surface area contributed by atoms with Gasteiger partial charge in [-0.3, -0.25) is 0 Å². The van der Waals surface area contributed by atoms with E-state index in [9.17, 15) is 0 Å². The molecule has 1 unspecified atom stereocenters. The second-order valence-corrected chi connectivity index (χ2v) is 4.88. The van der Waals surface area contributed by atoms with E-state index in [1.807, 2.05) is 25.2 Å². The third-order valence-corrected chi connectivity index (χ3v) is 3.39. The topological polar surface area (TPSA) is 34.2 Å². The zero-order chi connectivity index (χ0) is 14.2. The lowest BCUT2D eigenvalue weighted by molar-refractivity contribution is 0.298. The van der Waals surface area contributed by atoms with Crippen molar-refractivity contribution in [3.8, 4) is 5.88 Å². The minimum atomic E-state index is 0.310. The van der Waals surface area contributed by atoms with Gasteiger partial charge in [0.25, 0.3) is 0 Å². The summed E-state index contributed by atoms with van der Waals surface area (Å²) in [5.74, 6) is 0.706. The lowest BCUT2D eigenvalue weighted by atomic mass is 10.1. The molecule has 1 N–H and O–H groups in total. The van der Waals surface area contributed by atoms with E-state index in [-0.39, 0.29) is 0 Å². The van der Waals surface area contributed by atoms with Gasteiger partial charge >= 0.3 is 0 Å². The van der Waals surface area contributed by atoms with E-state index in [1.165, 1.54) is 11.1 Å². The van der Waals surface area contributed by atoms with Gasteiger partial charge < -0.3 is 10.1 Å².